The Hall–Kier alpha value is -3.98. The Labute approximate surface area is 212 Å². The van der Waals surface area contributed by atoms with Gasteiger partial charge in [-0.25, -0.2) is 14.4 Å². The first kappa shape index (κ1) is 23.7. The summed E-state index contributed by atoms with van der Waals surface area (Å²) in [5.74, 6) is 0.950. The molecule has 3 heterocycles. The topological polar surface area (TPSA) is 97.5 Å². The molecule has 5 rings (SSSR count). The average Bonchev–Trinajstić information content (AvgIpc) is 2.89. The molecule has 36 heavy (non-hydrogen) atoms. The van der Waals surface area contributed by atoms with Gasteiger partial charge in [-0.1, -0.05) is 11.6 Å². The maximum atomic E-state index is 13.4. The zero-order valence-electron chi connectivity index (χ0n) is 19.6. The van der Waals surface area contributed by atoms with E-state index in [9.17, 15) is 9.18 Å². The number of pyridine rings is 1. The van der Waals surface area contributed by atoms with E-state index < -0.39 is 6.10 Å². The number of ether oxygens (including phenoxy) is 1. The number of benzene rings is 2. The summed E-state index contributed by atoms with van der Waals surface area (Å²) in [4.78, 5) is 30.4. The Morgan fingerprint density at radius 3 is 2.36 bits per heavy atom. The van der Waals surface area contributed by atoms with Gasteiger partial charge in [0, 0.05) is 36.8 Å². The number of carbonyl (C=O) groups is 1. The molecule has 2 N–H and O–H groups in total. The van der Waals surface area contributed by atoms with Crippen molar-refractivity contribution in [3.63, 3.8) is 0 Å². The van der Waals surface area contributed by atoms with E-state index in [2.05, 4.69) is 14.9 Å². The van der Waals surface area contributed by atoms with Gasteiger partial charge in [-0.15, -0.1) is 0 Å². The standard InChI is InChI=1S/C26H24ClFN6O2/c1-16(36-20-8-4-18(27)5-9-20)25(35)34-14-12-33(13-15-34)24-23-22(31-26(29)32-24)11-10-21(30-23)17-2-6-19(28)7-3-17/h2-11,16H,12-15H2,1H3,(H2,29,31,32). The van der Waals surface area contributed by atoms with E-state index >= 15 is 0 Å². The molecule has 8 nitrogen and oxygen atoms in total. The summed E-state index contributed by atoms with van der Waals surface area (Å²) in [6.07, 6.45) is -0.631. The van der Waals surface area contributed by atoms with Gasteiger partial charge in [0.25, 0.3) is 5.91 Å². The molecule has 4 aromatic rings. The van der Waals surface area contributed by atoms with E-state index in [0.29, 0.717) is 59.5 Å². The van der Waals surface area contributed by atoms with Gasteiger partial charge < -0.3 is 20.3 Å². The van der Waals surface area contributed by atoms with Gasteiger partial charge in [-0.05, 0) is 67.6 Å². The fourth-order valence-electron chi connectivity index (χ4n) is 4.18. The Balaban J connectivity index is 1.32. The van der Waals surface area contributed by atoms with Crippen LogP contribution >= 0.6 is 11.6 Å². The van der Waals surface area contributed by atoms with Crippen LogP contribution in [0, 0.1) is 5.82 Å². The van der Waals surface area contributed by atoms with Gasteiger partial charge in [0.05, 0.1) is 11.2 Å². The molecule has 0 radical (unpaired) electrons. The van der Waals surface area contributed by atoms with E-state index in [0.717, 1.165) is 5.56 Å². The minimum absolute atomic E-state index is 0.0895. The summed E-state index contributed by atoms with van der Waals surface area (Å²) in [7, 11) is 0. The lowest BCUT2D eigenvalue weighted by Crippen LogP contribution is -2.52. The number of rotatable bonds is 5. The molecule has 0 bridgehead atoms. The molecule has 1 amide bonds. The van der Waals surface area contributed by atoms with Crippen LogP contribution in [0.15, 0.2) is 60.7 Å². The number of nitrogen functional groups attached to an aromatic ring is 1. The summed E-state index contributed by atoms with van der Waals surface area (Å²) in [6, 6.07) is 16.7. The molecular weight excluding hydrogens is 483 g/mol. The highest BCUT2D eigenvalue weighted by Crippen LogP contribution is 2.28. The van der Waals surface area contributed by atoms with E-state index in [1.165, 1.54) is 12.1 Å². The molecule has 1 saturated heterocycles. The molecule has 184 valence electrons. The first-order chi connectivity index (χ1) is 17.4. The van der Waals surface area contributed by atoms with Crippen LogP contribution in [-0.2, 0) is 4.79 Å². The maximum Gasteiger partial charge on any atom is 0.263 e. The Morgan fingerprint density at radius 1 is 0.972 bits per heavy atom. The largest absolute Gasteiger partial charge is 0.481 e. The minimum atomic E-state index is -0.631. The summed E-state index contributed by atoms with van der Waals surface area (Å²) in [6.45, 7) is 3.83. The number of anilines is 2. The van der Waals surface area contributed by atoms with E-state index in [4.69, 9.17) is 27.1 Å². The van der Waals surface area contributed by atoms with Crippen LogP contribution in [0.25, 0.3) is 22.3 Å². The smallest absolute Gasteiger partial charge is 0.263 e. The van der Waals surface area contributed by atoms with E-state index in [1.807, 2.05) is 12.1 Å². The van der Waals surface area contributed by atoms with Gasteiger partial charge in [0.15, 0.2) is 11.9 Å². The highest BCUT2D eigenvalue weighted by molar-refractivity contribution is 6.30. The third-order valence-corrected chi connectivity index (χ3v) is 6.30. The Morgan fingerprint density at radius 2 is 1.67 bits per heavy atom. The van der Waals surface area contributed by atoms with E-state index in [-0.39, 0.29) is 17.7 Å². The number of hydrogen-bond acceptors (Lipinski definition) is 7. The Bertz CT molecular complexity index is 1390. The fraction of sp³-hybridized carbons (Fsp3) is 0.231. The number of nitrogens with zero attached hydrogens (tertiary/aromatic N) is 5. The quantitative estimate of drug-likeness (QED) is 0.433. The number of nitrogens with two attached hydrogens (primary N) is 1. The zero-order chi connectivity index (χ0) is 25.2. The molecule has 0 aliphatic carbocycles. The molecule has 0 saturated carbocycles. The average molecular weight is 507 g/mol. The second kappa shape index (κ2) is 9.94. The second-order valence-corrected chi connectivity index (χ2v) is 8.94. The van der Waals surface area contributed by atoms with Crippen LogP contribution < -0.4 is 15.4 Å². The number of piperazine rings is 1. The van der Waals surface area contributed by atoms with Crippen LogP contribution in [0.4, 0.5) is 16.2 Å². The summed E-state index contributed by atoms with van der Waals surface area (Å²) in [5.41, 5.74) is 8.67. The predicted octanol–water partition coefficient (Wildman–Crippen LogP) is 4.18. The number of amides is 1. The third kappa shape index (κ3) is 5.01. The SMILES string of the molecule is CC(Oc1ccc(Cl)cc1)C(=O)N1CCN(c2nc(N)nc3ccc(-c4ccc(F)cc4)nc23)CC1. The number of hydrogen-bond donors (Lipinski definition) is 1. The predicted molar refractivity (Wildman–Crippen MR) is 137 cm³/mol. The molecule has 1 fully saturated rings. The minimum Gasteiger partial charge on any atom is -0.481 e. The third-order valence-electron chi connectivity index (χ3n) is 6.05. The van der Waals surface area contributed by atoms with Gasteiger partial charge >= 0.3 is 0 Å². The van der Waals surface area contributed by atoms with Crippen LogP contribution in [0.3, 0.4) is 0 Å². The lowest BCUT2D eigenvalue weighted by molar-refractivity contribution is -0.138. The monoisotopic (exact) mass is 506 g/mol. The molecular formula is C26H24ClFN6O2. The maximum absolute atomic E-state index is 13.4. The molecule has 1 aliphatic heterocycles. The van der Waals surface area contributed by atoms with Crippen molar-refractivity contribution >= 4 is 40.3 Å². The molecule has 2 aromatic carbocycles. The fourth-order valence-corrected chi connectivity index (χ4v) is 4.31. The Kier molecular flexibility index (Phi) is 6.56. The molecule has 10 heteroatoms. The number of fused-ring (bicyclic) bond motifs is 1. The van der Waals surface area contributed by atoms with Crippen LogP contribution in [0.1, 0.15) is 6.92 Å². The van der Waals surface area contributed by atoms with Crippen molar-refractivity contribution in [1.82, 2.24) is 19.9 Å². The highest BCUT2D eigenvalue weighted by atomic mass is 35.5. The lowest BCUT2D eigenvalue weighted by Gasteiger charge is -2.36. The second-order valence-electron chi connectivity index (χ2n) is 8.50. The number of carbonyl (C=O) groups excluding carboxylic acids is 1. The normalized spacial score (nSPS) is 14.6. The van der Waals surface area contributed by atoms with Crippen LogP contribution in [-0.4, -0.2) is 58.0 Å². The summed E-state index contributed by atoms with van der Waals surface area (Å²) in [5, 5.41) is 0.606. The molecule has 1 aliphatic rings. The van der Waals surface area contributed by atoms with Crippen molar-refractivity contribution in [1.29, 1.82) is 0 Å². The first-order valence-electron chi connectivity index (χ1n) is 11.5. The molecule has 1 atom stereocenters. The van der Waals surface area contributed by atoms with Crippen molar-refractivity contribution in [2.24, 2.45) is 0 Å². The van der Waals surface area contributed by atoms with Crippen molar-refractivity contribution in [3.8, 4) is 17.0 Å². The number of aromatic nitrogens is 3. The summed E-state index contributed by atoms with van der Waals surface area (Å²) >= 11 is 5.92. The van der Waals surface area contributed by atoms with Crippen LogP contribution in [0.5, 0.6) is 5.75 Å². The first-order valence-corrected chi connectivity index (χ1v) is 11.9. The molecule has 0 spiro atoms. The van der Waals surface area contributed by atoms with Gasteiger partial charge in [0.1, 0.15) is 17.1 Å². The van der Waals surface area contributed by atoms with Gasteiger partial charge in [0.2, 0.25) is 5.95 Å². The summed E-state index contributed by atoms with van der Waals surface area (Å²) < 4.78 is 19.2. The zero-order valence-corrected chi connectivity index (χ0v) is 20.3. The van der Waals surface area contributed by atoms with Gasteiger partial charge in [-0.3, -0.25) is 4.79 Å². The van der Waals surface area contributed by atoms with Crippen molar-refractivity contribution in [2.45, 2.75) is 13.0 Å². The highest BCUT2D eigenvalue weighted by Gasteiger charge is 2.28. The van der Waals surface area contributed by atoms with Crippen LogP contribution in [0.2, 0.25) is 5.02 Å². The molecule has 1 unspecified atom stereocenters. The van der Waals surface area contributed by atoms with E-state index in [1.54, 1.807) is 48.2 Å². The van der Waals surface area contributed by atoms with Crippen molar-refractivity contribution in [2.75, 3.05) is 36.8 Å². The van der Waals surface area contributed by atoms with Gasteiger partial charge in [-0.2, -0.15) is 4.98 Å². The lowest BCUT2D eigenvalue weighted by atomic mass is 10.1. The van der Waals surface area contributed by atoms with Crippen molar-refractivity contribution < 1.29 is 13.9 Å². The molecule has 2 aromatic heterocycles. The number of halogens is 2. The van der Waals surface area contributed by atoms with Crippen molar-refractivity contribution in [3.05, 3.63) is 71.5 Å².